The molecule has 0 saturated carbocycles. The highest BCUT2D eigenvalue weighted by Crippen LogP contribution is 2.24. The summed E-state index contributed by atoms with van der Waals surface area (Å²) in [6.45, 7) is 11.1. The monoisotopic (exact) mass is 410 g/mol. The van der Waals surface area contributed by atoms with E-state index in [2.05, 4.69) is 10.0 Å². The molecule has 1 atom stereocenters. The lowest BCUT2D eigenvalue weighted by Crippen LogP contribution is -2.51. The first kappa shape index (κ1) is 22.2. The third kappa shape index (κ3) is 7.13. The lowest BCUT2D eigenvalue weighted by molar-refractivity contribution is 0.0466. The minimum absolute atomic E-state index is 0.0443. The fourth-order valence-corrected chi connectivity index (χ4v) is 4.71. The topological polar surface area (TPSA) is 84.5 Å². The van der Waals surface area contributed by atoms with Gasteiger partial charge >= 0.3 is 6.09 Å². The molecular weight excluding hydrogens is 384 g/mol. The van der Waals surface area contributed by atoms with Crippen LogP contribution in [0, 0.1) is 5.41 Å². The van der Waals surface area contributed by atoms with Crippen LogP contribution in [0.4, 0.5) is 4.79 Å². The van der Waals surface area contributed by atoms with Crippen LogP contribution in [0.15, 0.2) is 16.3 Å². The first-order valence-corrected chi connectivity index (χ1v) is 10.8. The van der Waals surface area contributed by atoms with Gasteiger partial charge < -0.3 is 10.1 Å². The zero-order chi connectivity index (χ0) is 19.5. The number of thiophene rings is 1. The maximum absolute atomic E-state index is 12.5. The molecule has 0 aliphatic heterocycles. The van der Waals surface area contributed by atoms with Gasteiger partial charge in [-0.3, -0.25) is 0 Å². The summed E-state index contributed by atoms with van der Waals surface area (Å²) in [5.74, 6) is 0.132. The van der Waals surface area contributed by atoms with Gasteiger partial charge in [-0.25, -0.2) is 17.9 Å². The van der Waals surface area contributed by atoms with Gasteiger partial charge in [-0.05, 0) is 37.6 Å². The summed E-state index contributed by atoms with van der Waals surface area (Å²) < 4.78 is 32.8. The molecule has 0 aliphatic carbocycles. The first-order chi connectivity index (χ1) is 11.3. The van der Waals surface area contributed by atoms with E-state index in [0.29, 0.717) is 4.88 Å². The van der Waals surface area contributed by atoms with E-state index in [1.165, 1.54) is 17.4 Å². The van der Waals surface area contributed by atoms with Gasteiger partial charge in [0.05, 0.1) is 16.8 Å². The van der Waals surface area contributed by atoms with Crippen LogP contribution in [0.2, 0.25) is 0 Å². The average Bonchev–Trinajstić information content (AvgIpc) is 2.89. The minimum Gasteiger partial charge on any atom is -0.444 e. The Morgan fingerprint density at radius 3 is 2.36 bits per heavy atom. The van der Waals surface area contributed by atoms with Crippen LogP contribution < -0.4 is 10.0 Å². The number of ether oxygens (including phenoxy) is 1. The van der Waals surface area contributed by atoms with E-state index in [1.807, 2.05) is 20.8 Å². The summed E-state index contributed by atoms with van der Waals surface area (Å²) in [6.07, 6.45) is -0.580. The molecular formula is C16H27ClN2O4S2. The Kier molecular flexibility index (Phi) is 7.32. The van der Waals surface area contributed by atoms with Gasteiger partial charge in [0.1, 0.15) is 5.60 Å². The molecule has 0 bridgehead atoms. The fraction of sp³-hybridized carbons (Fsp3) is 0.688. The van der Waals surface area contributed by atoms with Crippen LogP contribution in [0.3, 0.4) is 0 Å². The normalized spacial score (nSPS) is 14.2. The molecule has 0 aromatic carbocycles. The largest absolute Gasteiger partial charge is 0.444 e. The molecule has 0 spiro atoms. The fourth-order valence-electron chi connectivity index (χ4n) is 1.96. The van der Waals surface area contributed by atoms with E-state index in [1.54, 1.807) is 26.2 Å². The van der Waals surface area contributed by atoms with Crippen molar-refractivity contribution < 1.29 is 17.9 Å². The molecule has 0 unspecified atom stereocenters. The van der Waals surface area contributed by atoms with Gasteiger partial charge in [0.15, 0.2) is 0 Å². The Balaban J connectivity index is 2.85. The predicted molar refractivity (Wildman–Crippen MR) is 102 cm³/mol. The summed E-state index contributed by atoms with van der Waals surface area (Å²) in [5, 5.41) is 4.44. The second-order valence-corrected chi connectivity index (χ2v) is 10.8. The molecule has 1 amide bonds. The number of alkyl halides is 1. The minimum atomic E-state index is -3.70. The summed E-state index contributed by atoms with van der Waals surface area (Å²) in [5.41, 5.74) is -0.999. The number of alkyl carbamates (subject to hydrolysis) is 1. The number of hydrogen-bond acceptors (Lipinski definition) is 5. The highest BCUT2D eigenvalue weighted by atomic mass is 35.5. The molecule has 0 saturated heterocycles. The van der Waals surface area contributed by atoms with Gasteiger partial charge in [-0.2, -0.15) is 0 Å². The van der Waals surface area contributed by atoms with Crippen molar-refractivity contribution in [2.45, 2.75) is 64.0 Å². The molecule has 1 aromatic rings. The molecule has 1 rings (SSSR count). The molecule has 0 fully saturated rings. The average molecular weight is 411 g/mol. The number of rotatable bonds is 6. The quantitative estimate of drug-likeness (QED) is 0.700. The lowest BCUT2D eigenvalue weighted by atomic mass is 9.87. The number of carbonyl (C=O) groups is 1. The third-order valence-corrected chi connectivity index (χ3v) is 6.31. The molecule has 1 aromatic heterocycles. The van der Waals surface area contributed by atoms with Gasteiger partial charge in [0, 0.05) is 11.4 Å². The van der Waals surface area contributed by atoms with Gasteiger partial charge in [-0.15, -0.1) is 22.9 Å². The highest BCUT2D eigenvalue weighted by Gasteiger charge is 2.30. The molecule has 9 heteroatoms. The summed E-state index contributed by atoms with van der Waals surface area (Å²) in [4.78, 5) is 12.8. The lowest BCUT2D eigenvalue weighted by Gasteiger charge is -2.32. The van der Waals surface area contributed by atoms with Crippen LogP contribution in [0.1, 0.15) is 46.4 Å². The number of nitrogens with one attached hydrogen (secondary N) is 2. The van der Waals surface area contributed by atoms with E-state index in [9.17, 15) is 13.2 Å². The Hall–Kier alpha value is -0.830. The first-order valence-electron chi connectivity index (χ1n) is 7.88. The van der Waals surface area contributed by atoms with Crippen molar-refractivity contribution in [3.8, 4) is 0 Å². The Labute approximate surface area is 159 Å². The van der Waals surface area contributed by atoms with Gasteiger partial charge in [-0.1, -0.05) is 20.8 Å². The van der Waals surface area contributed by atoms with Crippen molar-refractivity contribution >= 4 is 39.1 Å². The van der Waals surface area contributed by atoms with E-state index in [0.717, 1.165) is 0 Å². The maximum atomic E-state index is 12.5. The van der Waals surface area contributed by atoms with Crippen LogP contribution in [0.25, 0.3) is 0 Å². The Morgan fingerprint density at radius 1 is 1.28 bits per heavy atom. The van der Waals surface area contributed by atoms with E-state index >= 15 is 0 Å². The standard InChI is InChI=1S/C16H27ClN2O4S2/c1-15(2,3)13(19-14(20)23-16(4,5)6)10-18-25(21,22)12-7-8-24-11(12)9-17/h7-8,13,18H,9-10H2,1-6H3,(H,19,20)/t13-/m0/s1. The summed E-state index contributed by atoms with van der Waals surface area (Å²) >= 11 is 7.08. The number of sulfonamides is 1. The van der Waals surface area contributed by atoms with Crippen molar-refractivity contribution in [2.24, 2.45) is 5.41 Å². The Bertz CT molecular complexity index is 688. The van der Waals surface area contributed by atoms with Crippen molar-refractivity contribution in [3.63, 3.8) is 0 Å². The molecule has 1 heterocycles. The molecule has 2 N–H and O–H groups in total. The highest BCUT2D eigenvalue weighted by molar-refractivity contribution is 7.89. The zero-order valence-corrected chi connectivity index (χ0v) is 17.9. The second-order valence-electron chi connectivity index (χ2n) is 7.76. The Morgan fingerprint density at radius 2 is 1.88 bits per heavy atom. The second kappa shape index (κ2) is 8.24. The van der Waals surface area contributed by atoms with Crippen molar-refractivity contribution in [1.82, 2.24) is 10.0 Å². The van der Waals surface area contributed by atoms with E-state index in [-0.39, 0.29) is 22.7 Å². The van der Waals surface area contributed by atoms with Crippen LogP contribution in [-0.4, -0.2) is 32.7 Å². The third-order valence-electron chi connectivity index (χ3n) is 3.33. The predicted octanol–water partition coefficient (Wildman–Crippen LogP) is 3.70. The van der Waals surface area contributed by atoms with Crippen LogP contribution in [-0.2, 0) is 20.6 Å². The number of hydrogen-bond donors (Lipinski definition) is 2. The van der Waals surface area contributed by atoms with Gasteiger partial charge in [0.25, 0.3) is 0 Å². The van der Waals surface area contributed by atoms with E-state index in [4.69, 9.17) is 16.3 Å². The van der Waals surface area contributed by atoms with Crippen LogP contribution in [0.5, 0.6) is 0 Å². The number of carbonyl (C=O) groups excluding carboxylic acids is 1. The number of amides is 1. The van der Waals surface area contributed by atoms with Crippen molar-refractivity contribution in [3.05, 3.63) is 16.3 Å². The number of halogens is 1. The molecule has 144 valence electrons. The molecule has 0 aliphatic rings. The van der Waals surface area contributed by atoms with E-state index < -0.39 is 27.8 Å². The van der Waals surface area contributed by atoms with Crippen molar-refractivity contribution in [2.75, 3.05) is 6.54 Å². The van der Waals surface area contributed by atoms with Crippen molar-refractivity contribution in [1.29, 1.82) is 0 Å². The summed E-state index contributed by atoms with van der Waals surface area (Å²) in [7, 11) is -3.70. The molecule has 6 nitrogen and oxygen atoms in total. The van der Waals surface area contributed by atoms with Gasteiger partial charge in [0.2, 0.25) is 10.0 Å². The SMILES string of the molecule is CC(C)(C)OC(=O)N[C@@H](CNS(=O)(=O)c1ccsc1CCl)C(C)(C)C. The maximum Gasteiger partial charge on any atom is 0.407 e. The zero-order valence-electron chi connectivity index (χ0n) is 15.5. The van der Waals surface area contributed by atoms with Crippen LogP contribution >= 0.6 is 22.9 Å². The molecule has 0 radical (unpaired) electrons. The smallest absolute Gasteiger partial charge is 0.407 e. The molecule has 25 heavy (non-hydrogen) atoms. The summed E-state index contributed by atoms with van der Waals surface area (Å²) in [6, 6.07) is 1.08.